The van der Waals surface area contributed by atoms with Crippen LogP contribution < -0.4 is 51.4 Å². The molecule has 20 heteroatoms. The molecular formula is C7F15KO3S. The molecule has 0 aromatic heterocycles. The van der Waals surface area contributed by atoms with Gasteiger partial charge in [0.1, 0.15) is 0 Å². The molecule has 1 unspecified atom stereocenters. The third-order valence-electron chi connectivity index (χ3n) is 2.47. The second kappa shape index (κ2) is 8.06. The van der Waals surface area contributed by atoms with Gasteiger partial charge in [-0.1, -0.05) is 0 Å². The number of hydrogen-bond acceptors (Lipinski definition) is 3. The summed E-state index contributed by atoms with van der Waals surface area (Å²) in [5.41, 5.74) is 0. The Morgan fingerprint density at radius 1 is 0.556 bits per heavy atom. The summed E-state index contributed by atoms with van der Waals surface area (Å²) in [4.78, 5) is 0. The Morgan fingerprint density at radius 3 is 1.07 bits per heavy atom. The quantitative estimate of drug-likeness (QED) is 0.307. The second-order valence-electron chi connectivity index (χ2n) is 4.17. The SMILES string of the molecule is O=S([O-])OC(F)(F)C(F)(F)C(F)(F)C(F)(F)C(F)(F)C(F)(F)C(F)(F)F.[K+]. The first kappa shape index (κ1) is 29.9. The largest absolute Gasteiger partial charge is 1.00 e. The van der Waals surface area contributed by atoms with Crippen molar-refractivity contribution < 1.29 is 130 Å². The van der Waals surface area contributed by atoms with Gasteiger partial charge in [0.05, 0.1) is 11.4 Å². The van der Waals surface area contributed by atoms with E-state index in [0.717, 1.165) is 0 Å². The van der Waals surface area contributed by atoms with Crippen LogP contribution in [0.4, 0.5) is 65.9 Å². The predicted molar refractivity (Wildman–Crippen MR) is 45.7 cm³/mol. The van der Waals surface area contributed by atoms with E-state index in [4.69, 9.17) is 0 Å². The Labute approximate surface area is 182 Å². The summed E-state index contributed by atoms with van der Waals surface area (Å²) in [6.45, 7) is 0. The van der Waals surface area contributed by atoms with Crippen LogP contribution in [0.3, 0.4) is 0 Å². The van der Waals surface area contributed by atoms with E-state index in [1.54, 1.807) is 0 Å². The van der Waals surface area contributed by atoms with E-state index in [1.807, 2.05) is 4.18 Å². The van der Waals surface area contributed by atoms with Crippen molar-refractivity contribution in [2.24, 2.45) is 0 Å². The Kier molecular flexibility index (Phi) is 8.91. The fourth-order valence-corrected chi connectivity index (χ4v) is 1.37. The standard InChI is InChI=1S/C7HF15O3S.K/c8-1(9,2(10,11)4(14,15)6(18,19)20)3(12,13)5(16,17)7(21,22)25-26(23)24;/h(H,23,24);/q;+1/p-1. The smallest absolute Gasteiger partial charge is 0.750 e. The van der Waals surface area contributed by atoms with Crippen LogP contribution in [0.1, 0.15) is 0 Å². The first-order chi connectivity index (χ1) is 10.9. The van der Waals surface area contributed by atoms with Gasteiger partial charge in [-0.3, -0.25) is 0 Å². The zero-order valence-electron chi connectivity index (χ0n) is 11.8. The summed E-state index contributed by atoms with van der Waals surface area (Å²) in [5, 5.41) is 0. The monoisotopic (exact) mass is 488 g/mol. The molecule has 158 valence electrons. The van der Waals surface area contributed by atoms with Crippen molar-refractivity contribution in [1.29, 1.82) is 0 Å². The van der Waals surface area contributed by atoms with Crippen LogP contribution in [-0.4, -0.2) is 50.7 Å². The zero-order valence-corrected chi connectivity index (χ0v) is 15.7. The van der Waals surface area contributed by atoms with E-state index in [2.05, 4.69) is 0 Å². The summed E-state index contributed by atoms with van der Waals surface area (Å²) in [6, 6.07) is 0. The molecule has 0 fully saturated rings. The molecule has 0 rings (SSSR count). The van der Waals surface area contributed by atoms with E-state index in [9.17, 15) is 74.6 Å². The maximum atomic E-state index is 12.9. The average Bonchev–Trinajstić information content (AvgIpc) is 2.34. The van der Waals surface area contributed by atoms with Crippen LogP contribution in [0.25, 0.3) is 0 Å². The maximum absolute atomic E-state index is 12.9. The Bertz CT molecular complexity index is 558. The molecule has 0 saturated carbocycles. The van der Waals surface area contributed by atoms with Crippen LogP contribution in [-0.2, 0) is 15.5 Å². The van der Waals surface area contributed by atoms with Crippen molar-refractivity contribution in [1.82, 2.24) is 0 Å². The summed E-state index contributed by atoms with van der Waals surface area (Å²) < 4.78 is 209. The molecule has 0 N–H and O–H groups in total. The zero-order chi connectivity index (χ0) is 21.8. The van der Waals surface area contributed by atoms with Gasteiger partial charge < -0.3 is 4.55 Å². The van der Waals surface area contributed by atoms with Crippen molar-refractivity contribution in [3.05, 3.63) is 0 Å². The third kappa shape index (κ3) is 4.55. The minimum atomic E-state index is -8.49. The van der Waals surface area contributed by atoms with E-state index in [-0.39, 0.29) is 51.4 Å². The summed E-state index contributed by atoms with van der Waals surface area (Å²) >= 11 is -4.87. The van der Waals surface area contributed by atoms with Crippen molar-refractivity contribution in [2.75, 3.05) is 0 Å². The maximum Gasteiger partial charge on any atom is 1.00 e. The van der Waals surface area contributed by atoms with Gasteiger partial charge in [-0.2, -0.15) is 65.9 Å². The molecule has 0 amide bonds. The predicted octanol–water partition coefficient (Wildman–Crippen LogP) is 1.13. The molecule has 0 heterocycles. The molecule has 0 saturated heterocycles. The van der Waals surface area contributed by atoms with Crippen LogP contribution in [0.2, 0.25) is 0 Å². The number of hydrogen-bond donors (Lipinski definition) is 0. The molecule has 0 spiro atoms. The Hall–Kier alpha value is 0.656. The first-order valence-electron chi connectivity index (χ1n) is 5.04. The second-order valence-corrected chi connectivity index (χ2v) is 4.75. The third-order valence-corrected chi connectivity index (χ3v) is 2.82. The van der Waals surface area contributed by atoms with E-state index in [0.29, 0.717) is 0 Å². The molecule has 0 aliphatic heterocycles. The van der Waals surface area contributed by atoms with Gasteiger partial charge in [-0.25, -0.2) is 8.39 Å². The Morgan fingerprint density at radius 2 is 0.815 bits per heavy atom. The van der Waals surface area contributed by atoms with Crippen molar-refractivity contribution in [3.63, 3.8) is 0 Å². The van der Waals surface area contributed by atoms with Crippen LogP contribution >= 0.6 is 0 Å². The van der Waals surface area contributed by atoms with Crippen molar-refractivity contribution in [2.45, 2.75) is 41.9 Å². The molecule has 0 bridgehead atoms. The van der Waals surface area contributed by atoms with Gasteiger partial charge in [0.25, 0.3) is 0 Å². The molecule has 0 aromatic rings. The topological polar surface area (TPSA) is 49.4 Å². The van der Waals surface area contributed by atoms with Gasteiger partial charge in [-0.05, 0) is 0 Å². The van der Waals surface area contributed by atoms with Crippen LogP contribution in [0, 0.1) is 0 Å². The van der Waals surface area contributed by atoms with Crippen LogP contribution in [0.15, 0.2) is 0 Å². The van der Waals surface area contributed by atoms with Crippen molar-refractivity contribution in [3.8, 4) is 0 Å². The van der Waals surface area contributed by atoms with Crippen molar-refractivity contribution >= 4 is 11.4 Å². The van der Waals surface area contributed by atoms with E-state index < -0.39 is 53.3 Å². The van der Waals surface area contributed by atoms with Gasteiger partial charge in [-0.15, -0.1) is 0 Å². The molecule has 0 aliphatic rings. The summed E-state index contributed by atoms with van der Waals surface area (Å²) in [6.07, 6.45) is -15.0. The van der Waals surface area contributed by atoms with E-state index in [1.165, 1.54) is 0 Å². The first-order valence-corrected chi connectivity index (χ1v) is 6.04. The van der Waals surface area contributed by atoms with Crippen LogP contribution in [0.5, 0.6) is 0 Å². The molecule has 1 atom stereocenters. The number of halogens is 15. The number of alkyl halides is 15. The van der Waals surface area contributed by atoms with Gasteiger partial charge in [0.2, 0.25) is 0 Å². The molecule has 27 heavy (non-hydrogen) atoms. The van der Waals surface area contributed by atoms with Gasteiger partial charge in [0.15, 0.2) is 0 Å². The van der Waals surface area contributed by atoms with E-state index >= 15 is 0 Å². The molecule has 0 radical (unpaired) electrons. The normalized spacial score (nSPS) is 16.7. The van der Waals surface area contributed by atoms with Gasteiger partial charge in [0, 0.05) is 0 Å². The Balaban J connectivity index is 0. The minimum Gasteiger partial charge on any atom is -0.750 e. The molecule has 3 nitrogen and oxygen atoms in total. The molecule has 0 aliphatic carbocycles. The molecular weight excluding hydrogens is 488 g/mol. The fraction of sp³-hybridized carbons (Fsp3) is 1.00. The fourth-order valence-electron chi connectivity index (χ4n) is 1.09. The van der Waals surface area contributed by atoms with Gasteiger partial charge >= 0.3 is 93.3 Å². The average molecular weight is 488 g/mol. The summed E-state index contributed by atoms with van der Waals surface area (Å²) in [7, 11) is 0. The molecule has 0 aromatic carbocycles. The number of rotatable bonds is 7. The summed E-state index contributed by atoms with van der Waals surface area (Å²) in [5.74, 6) is -41.4. The minimum absolute atomic E-state index is 0.